The summed E-state index contributed by atoms with van der Waals surface area (Å²) in [6.45, 7) is 5.57. The van der Waals surface area contributed by atoms with Gasteiger partial charge in [-0.15, -0.1) is 0 Å². The standard InChI is InChI=1S/C17H21NO5/c1-11-8-12(6-7-13(11)21-5)10-18(4)15(19)9-14-16(20)23-17(2,3)22-14/h6-9H,10H2,1-5H3. The third kappa shape index (κ3) is 4.03. The van der Waals surface area contributed by atoms with Crippen molar-refractivity contribution in [1.29, 1.82) is 0 Å². The van der Waals surface area contributed by atoms with Crippen molar-refractivity contribution in [3.8, 4) is 5.75 Å². The number of hydrogen-bond acceptors (Lipinski definition) is 5. The van der Waals surface area contributed by atoms with Crippen molar-refractivity contribution in [2.75, 3.05) is 14.2 Å². The Bertz CT molecular complexity index is 663. The Morgan fingerprint density at radius 1 is 1.35 bits per heavy atom. The summed E-state index contributed by atoms with van der Waals surface area (Å²) in [5.41, 5.74) is 1.96. The molecule has 6 heteroatoms. The van der Waals surface area contributed by atoms with E-state index in [0.29, 0.717) is 6.54 Å². The van der Waals surface area contributed by atoms with Crippen LogP contribution in [0.3, 0.4) is 0 Å². The van der Waals surface area contributed by atoms with Crippen LogP contribution in [0.1, 0.15) is 25.0 Å². The average molecular weight is 319 g/mol. The number of hydrogen-bond donors (Lipinski definition) is 0. The third-order valence-electron chi connectivity index (χ3n) is 3.41. The maximum absolute atomic E-state index is 12.2. The molecule has 1 heterocycles. The molecule has 0 unspecified atom stereocenters. The van der Waals surface area contributed by atoms with Crippen molar-refractivity contribution < 1.29 is 23.8 Å². The number of nitrogens with zero attached hydrogens (tertiary/aromatic N) is 1. The van der Waals surface area contributed by atoms with Gasteiger partial charge in [0.25, 0.3) is 5.91 Å². The highest BCUT2D eigenvalue weighted by molar-refractivity contribution is 5.97. The molecule has 0 bridgehead atoms. The van der Waals surface area contributed by atoms with Crippen LogP contribution >= 0.6 is 0 Å². The summed E-state index contributed by atoms with van der Waals surface area (Å²) in [6.07, 6.45) is 1.16. The summed E-state index contributed by atoms with van der Waals surface area (Å²) in [5, 5.41) is 0. The molecule has 1 aromatic rings. The molecule has 23 heavy (non-hydrogen) atoms. The highest BCUT2D eigenvalue weighted by atomic mass is 16.8. The molecule has 1 aliphatic rings. The van der Waals surface area contributed by atoms with Crippen LogP contribution in [0.2, 0.25) is 0 Å². The van der Waals surface area contributed by atoms with Crippen LogP contribution in [0.4, 0.5) is 0 Å². The summed E-state index contributed by atoms with van der Waals surface area (Å²) in [4.78, 5) is 25.3. The molecule has 6 nitrogen and oxygen atoms in total. The number of carbonyl (C=O) groups is 2. The molecule has 1 aliphatic heterocycles. The first-order valence-electron chi connectivity index (χ1n) is 7.24. The van der Waals surface area contributed by atoms with Gasteiger partial charge in [0, 0.05) is 27.4 Å². The number of benzene rings is 1. The van der Waals surface area contributed by atoms with Crippen molar-refractivity contribution in [3.63, 3.8) is 0 Å². The SMILES string of the molecule is COc1ccc(CN(C)C(=O)C=C2OC(C)(C)OC2=O)cc1C. The molecule has 0 N–H and O–H groups in total. The molecule has 0 atom stereocenters. The lowest BCUT2D eigenvalue weighted by Crippen LogP contribution is -2.25. The van der Waals surface area contributed by atoms with Crippen LogP contribution in [0, 0.1) is 6.92 Å². The summed E-state index contributed by atoms with van der Waals surface area (Å²) < 4.78 is 15.5. The Balaban J connectivity index is 2.06. The van der Waals surface area contributed by atoms with Crippen LogP contribution in [0.25, 0.3) is 0 Å². The van der Waals surface area contributed by atoms with E-state index < -0.39 is 11.8 Å². The van der Waals surface area contributed by atoms with Gasteiger partial charge in [-0.1, -0.05) is 12.1 Å². The average Bonchev–Trinajstić information content (AvgIpc) is 2.71. The first-order chi connectivity index (χ1) is 10.7. The minimum Gasteiger partial charge on any atom is -0.496 e. The molecule has 0 radical (unpaired) electrons. The first kappa shape index (κ1) is 16.9. The van der Waals surface area contributed by atoms with Gasteiger partial charge in [0.15, 0.2) is 0 Å². The van der Waals surface area contributed by atoms with E-state index in [1.54, 1.807) is 28.0 Å². The largest absolute Gasteiger partial charge is 0.496 e. The molecule has 2 rings (SSSR count). The second kappa shape index (κ2) is 6.32. The summed E-state index contributed by atoms with van der Waals surface area (Å²) in [6, 6.07) is 5.72. The number of likely N-dealkylation sites (N-methyl/N-ethyl adjacent to an activating group) is 1. The van der Waals surface area contributed by atoms with Crippen LogP contribution < -0.4 is 4.74 Å². The van der Waals surface area contributed by atoms with Crippen LogP contribution in [0.5, 0.6) is 5.75 Å². The second-order valence-electron chi connectivity index (χ2n) is 5.90. The number of rotatable bonds is 4. The first-order valence-corrected chi connectivity index (χ1v) is 7.24. The fourth-order valence-electron chi connectivity index (χ4n) is 2.30. The number of aryl methyl sites for hydroxylation is 1. The number of esters is 1. The molecular weight excluding hydrogens is 298 g/mol. The molecule has 0 aromatic heterocycles. The normalized spacial score (nSPS) is 17.6. The summed E-state index contributed by atoms with van der Waals surface area (Å²) in [7, 11) is 3.27. The fraction of sp³-hybridized carbons (Fsp3) is 0.412. The van der Waals surface area contributed by atoms with Crippen molar-refractivity contribution in [2.45, 2.75) is 33.1 Å². The molecule has 1 fully saturated rings. The Kier molecular flexibility index (Phi) is 4.63. The topological polar surface area (TPSA) is 65.1 Å². The van der Waals surface area contributed by atoms with Crippen molar-refractivity contribution >= 4 is 11.9 Å². The van der Waals surface area contributed by atoms with E-state index in [0.717, 1.165) is 23.0 Å². The lowest BCUT2D eigenvalue weighted by molar-refractivity contribution is -0.159. The van der Waals surface area contributed by atoms with E-state index >= 15 is 0 Å². The monoisotopic (exact) mass is 319 g/mol. The minimum absolute atomic E-state index is 0.0715. The van der Waals surface area contributed by atoms with Gasteiger partial charge in [-0.25, -0.2) is 4.79 Å². The Morgan fingerprint density at radius 3 is 2.57 bits per heavy atom. The van der Waals surface area contributed by atoms with Crippen molar-refractivity contribution in [2.24, 2.45) is 0 Å². The molecule has 1 amide bonds. The molecular formula is C17H21NO5. The quantitative estimate of drug-likeness (QED) is 0.628. The van der Waals surface area contributed by atoms with Crippen LogP contribution in [0.15, 0.2) is 30.0 Å². The maximum Gasteiger partial charge on any atom is 0.377 e. The highest BCUT2D eigenvalue weighted by Gasteiger charge is 2.37. The number of methoxy groups -OCH3 is 1. The molecule has 0 saturated carbocycles. The number of cyclic esters (lactones) is 1. The predicted octanol–water partition coefficient (Wildman–Crippen LogP) is 2.16. The van der Waals surface area contributed by atoms with Gasteiger partial charge in [-0.2, -0.15) is 0 Å². The maximum atomic E-state index is 12.2. The molecule has 0 aliphatic carbocycles. The van der Waals surface area contributed by atoms with E-state index in [1.807, 2.05) is 25.1 Å². The van der Waals surface area contributed by atoms with Gasteiger partial charge >= 0.3 is 5.97 Å². The van der Waals surface area contributed by atoms with Crippen LogP contribution in [-0.4, -0.2) is 36.7 Å². The second-order valence-corrected chi connectivity index (χ2v) is 5.90. The number of carbonyl (C=O) groups excluding carboxylic acids is 2. The van der Waals surface area contributed by atoms with Gasteiger partial charge in [0.05, 0.1) is 13.2 Å². The Hall–Kier alpha value is -2.50. The number of ether oxygens (including phenoxy) is 3. The van der Waals surface area contributed by atoms with E-state index in [4.69, 9.17) is 14.2 Å². The predicted molar refractivity (Wildman–Crippen MR) is 83.5 cm³/mol. The zero-order chi connectivity index (χ0) is 17.2. The fourth-order valence-corrected chi connectivity index (χ4v) is 2.30. The van der Waals surface area contributed by atoms with Gasteiger partial charge in [0.2, 0.25) is 11.5 Å². The van der Waals surface area contributed by atoms with E-state index in [2.05, 4.69) is 0 Å². The Labute approximate surface area is 135 Å². The molecule has 0 spiro atoms. The highest BCUT2D eigenvalue weighted by Crippen LogP contribution is 2.26. The van der Waals surface area contributed by atoms with E-state index in [9.17, 15) is 9.59 Å². The summed E-state index contributed by atoms with van der Waals surface area (Å²) >= 11 is 0. The van der Waals surface area contributed by atoms with Crippen molar-refractivity contribution in [3.05, 3.63) is 41.2 Å². The number of amides is 1. The summed E-state index contributed by atoms with van der Waals surface area (Å²) in [5.74, 6) is -1.26. The van der Waals surface area contributed by atoms with Gasteiger partial charge in [-0.3, -0.25) is 4.79 Å². The lowest BCUT2D eigenvalue weighted by Gasteiger charge is -2.17. The minimum atomic E-state index is -1.03. The molecule has 1 aromatic carbocycles. The van der Waals surface area contributed by atoms with E-state index in [-0.39, 0.29) is 11.7 Å². The Morgan fingerprint density at radius 2 is 2.04 bits per heavy atom. The third-order valence-corrected chi connectivity index (χ3v) is 3.41. The smallest absolute Gasteiger partial charge is 0.377 e. The van der Waals surface area contributed by atoms with Gasteiger partial charge in [0.1, 0.15) is 5.75 Å². The van der Waals surface area contributed by atoms with Crippen LogP contribution in [-0.2, 0) is 25.6 Å². The zero-order valence-corrected chi connectivity index (χ0v) is 14.0. The van der Waals surface area contributed by atoms with E-state index in [1.165, 1.54) is 4.90 Å². The van der Waals surface area contributed by atoms with Gasteiger partial charge in [-0.05, 0) is 24.1 Å². The lowest BCUT2D eigenvalue weighted by atomic mass is 10.1. The van der Waals surface area contributed by atoms with Crippen molar-refractivity contribution in [1.82, 2.24) is 4.90 Å². The van der Waals surface area contributed by atoms with Gasteiger partial charge < -0.3 is 19.1 Å². The zero-order valence-electron chi connectivity index (χ0n) is 14.0. The molecule has 1 saturated heterocycles. The molecule has 124 valence electrons.